The van der Waals surface area contributed by atoms with E-state index in [9.17, 15) is 5.11 Å². The number of hydrogen-bond acceptors (Lipinski definition) is 3. The maximum Gasteiger partial charge on any atom is 0.123 e. The van der Waals surface area contributed by atoms with Gasteiger partial charge in [-0.3, -0.25) is 0 Å². The van der Waals surface area contributed by atoms with E-state index in [2.05, 4.69) is 35.8 Å². The number of hydrogen-bond donors (Lipinski definition) is 1. The van der Waals surface area contributed by atoms with Gasteiger partial charge in [0.2, 0.25) is 0 Å². The minimum atomic E-state index is -0.587. The van der Waals surface area contributed by atoms with Crippen molar-refractivity contribution >= 4 is 27.3 Å². The zero-order chi connectivity index (χ0) is 13.6. The number of thiophene rings is 1. The lowest BCUT2D eigenvalue weighted by molar-refractivity contribution is 0.223. The summed E-state index contributed by atoms with van der Waals surface area (Å²) >= 11 is 5.03. The Morgan fingerprint density at radius 2 is 2.16 bits per heavy atom. The van der Waals surface area contributed by atoms with Gasteiger partial charge >= 0.3 is 0 Å². The molecule has 1 N–H and O–H groups in total. The third-order valence-corrected chi connectivity index (χ3v) is 5.45. The fourth-order valence-electron chi connectivity index (χ4n) is 2.36. The van der Waals surface area contributed by atoms with Crippen LogP contribution in [0, 0.1) is 0 Å². The molecule has 1 aliphatic rings. The van der Waals surface area contributed by atoms with Gasteiger partial charge in [-0.05, 0) is 45.1 Å². The van der Waals surface area contributed by atoms with Gasteiger partial charge in [0.15, 0.2) is 0 Å². The molecule has 1 aromatic carbocycles. The smallest absolute Gasteiger partial charge is 0.123 e. The highest BCUT2D eigenvalue weighted by Crippen LogP contribution is 2.41. The van der Waals surface area contributed by atoms with E-state index < -0.39 is 6.10 Å². The van der Waals surface area contributed by atoms with Gasteiger partial charge < -0.3 is 9.84 Å². The lowest BCUT2D eigenvalue weighted by Crippen LogP contribution is -2.18. The SMILES string of the molecule is CC1(C)COc2ccc(C(O)c3sccc3Br)cc21. The number of fused-ring (bicyclic) bond motifs is 1. The van der Waals surface area contributed by atoms with Crippen LogP contribution >= 0.6 is 27.3 Å². The van der Waals surface area contributed by atoms with Gasteiger partial charge in [0.1, 0.15) is 11.9 Å². The van der Waals surface area contributed by atoms with Crippen molar-refractivity contribution in [3.05, 3.63) is 50.1 Å². The van der Waals surface area contributed by atoms with Crippen LogP contribution < -0.4 is 4.74 Å². The first kappa shape index (κ1) is 13.2. The van der Waals surface area contributed by atoms with Gasteiger partial charge in [0.25, 0.3) is 0 Å². The summed E-state index contributed by atoms with van der Waals surface area (Å²) < 4.78 is 6.63. The molecule has 3 rings (SSSR count). The van der Waals surface area contributed by atoms with E-state index in [1.54, 1.807) is 11.3 Å². The molecule has 2 heterocycles. The predicted octanol–water partition coefficient (Wildman–Crippen LogP) is 4.26. The summed E-state index contributed by atoms with van der Waals surface area (Å²) in [4.78, 5) is 0.941. The Morgan fingerprint density at radius 3 is 2.84 bits per heavy atom. The Bertz CT molecular complexity index is 618. The van der Waals surface area contributed by atoms with Crippen molar-refractivity contribution in [2.24, 2.45) is 0 Å². The maximum absolute atomic E-state index is 10.5. The molecule has 19 heavy (non-hydrogen) atoms. The van der Waals surface area contributed by atoms with Gasteiger partial charge in [-0.15, -0.1) is 11.3 Å². The molecule has 0 fully saturated rings. The van der Waals surface area contributed by atoms with Crippen LogP contribution in [0.3, 0.4) is 0 Å². The van der Waals surface area contributed by atoms with Crippen LogP contribution in [0.5, 0.6) is 5.75 Å². The Hall–Kier alpha value is -0.840. The van der Waals surface area contributed by atoms with Crippen LogP contribution in [0.25, 0.3) is 0 Å². The fourth-order valence-corrected chi connectivity index (χ4v) is 3.96. The molecule has 1 unspecified atom stereocenters. The zero-order valence-electron chi connectivity index (χ0n) is 10.8. The first-order valence-corrected chi connectivity index (χ1v) is 7.84. The molecule has 0 saturated carbocycles. The molecule has 4 heteroatoms. The highest BCUT2D eigenvalue weighted by atomic mass is 79.9. The average Bonchev–Trinajstić information content (AvgIpc) is 2.93. The van der Waals surface area contributed by atoms with Crippen molar-refractivity contribution in [2.75, 3.05) is 6.61 Å². The monoisotopic (exact) mass is 338 g/mol. The van der Waals surface area contributed by atoms with Gasteiger partial charge in [-0.1, -0.05) is 19.9 Å². The number of ether oxygens (including phenoxy) is 1. The number of aliphatic hydroxyl groups is 1. The molecular formula is C15H15BrO2S. The Kier molecular flexibility index (Phi) is 3.20. The summed E-state index contributed by atoms with van der Waals surface area (Å²) in [6, 6.07) is 7.93. The van der Waals surface area contributed by atoms with Crippen molar-refractivity contribution in [3.63, 3.8) is 0 Å². The van der Waals surface area contributed by atoms with E-state index in [4.69, 9.17) is 4.74 Å². The fraction of sp³-hybridized carbons (Fsp3) is 0.333. The van der Waals surface area contributed by atoms with E-state index in [1.165, 1.54) is 5.56 Å². The summed E-state index contributed by atoms with van der Waals surface area (Å²) in [6.45, 7) is 5.02. The molecular weight excluding hydrogens is 324 g/mol. The Balaban J connectivity index is 2.02. The molecule has 100 valence electrons. The third kappa shape index (κ3) is 2.22. The van der Waals surface area contributed by atoms with Crippen molar-refractivity contribution in [2.45, 2.75) is 25.4 Å². The molecule has 0 saturated heterocycles. The second-order valence-electron chi connectivity index (χ2n) is 5.46. The van der Waals surface area contributed by atoms with E-state index >= 15 is 0 Å². The number of benzene rings is 1. The quantitative estimate of drug-likeness (QED) is 0.886. The van der Waals surface area contributed by atoms with Gasteiger partial charge in [-0.2, -0.15) is 0 Å². The highest BCUT2D eigenvalue weighted by Gasteiger charge is 2.32. The molecule has 2 aromatic rings. The van der Waals surface area contributed by atoms with Crippen molar-refractivity contribution in [1.82, 2.24) is 0 Å². The zero-order valence-corrected chi connectivity index (χ0v) is 13.2. The second-order valence-corrected chi connectivity index (χ2v) is 7.27. The van der Waals surface area contributed by atoms with Crippen LogP contribution in [0.1, 0.15) is 36.0 Å². The normalized spacial score (nSPS) is 17.9. The summed E-state index contributed by atoms with van der Waals surface area (Å²) in [5, 5.41) is 12.5. The minimum absolute atomic E-state index is 0.0117. The van der Waals surface area contributed by atoms with Crippen LogP contribution in [0.15, 0.2) is 34.1 Å². The molecule has 0 radical (unpaired) electrons. The lowest BCUT2D eigenvalue weighted by Gasteiger charge is -2.17. The number of rotatable bonds is 2. The van der Waals surface area contributed by atoms with Gasteiger partial charge in [0, 0.05) is 15.5 Å². The topological polar surface area (TPSA) is 29.5 Å². The third-order valence-electron chi connectivity index (χ3n) is 3.53. The standard InChI is InChI=1S/C15H15BrO2S/c1-15(2)8-18-12-4-3-9(7-10(12)15)13(17)14-11(16)5-6-19-14/h3-7,13,17H,8H2,1-2H3. The second kappa shape index (κ2) is 4.62. The van der Waals surface area contributed by atoms with Crippen LogP contribution in [-0.2, 0) is 5.41 Å². The van der Waals surface area contributed by atoms with Crippen molar-refractivity contribution in [1.29, 1.82) is 0 Å². The van der Waals surface area contributed by atoms with Gasteiger partial charge in [0.05, 0.1) is 11.5 Å². The van der Waals surface area contributed by atoms with Crippen molar-refractivity contribution < 1.29 is 9.84 Å². The molecule has 0 bridgehead atoms. The molecule has 1 aliphatic heterocycles. The summed E-state index contributed by atoms with van der Waals surface area (Å²) in [7, 11) is 0. The predicted molar refractivity (Wildman–Crippen MR) is 81.0 cm³/mol. The van der Waals surface area contributed by atoms with Crippen LogP contribution in [0.4, 0.5) is 0 Å². The average molecular weight is 339 g/mol. The molecule has 1 aromatic heterocycles. The highest BCUT2D eigenvalue weighted by molar-refractivity contribution is 9.10. The number of aliphatic hydroxyl groups excluding tert-OH is 1. The summed E-state index contributed by atoms with van der Waals surface area (Å²) in [5.74, 6) is 0.936. The van der Waals surface area contributed by atoms with E-state index in [0.717, 1.165) is 20.7 Å². The molecule has 2 nitrogen and oxygen atoms in total. The Labute approximate surface area is 125 Å². The van der Waals surface area contributed by atoms with E-state index in [1.807, 2.05) is 23.6 Å². The van der Waals surface area contributed by atoms with Gasteiger partial charge in [-0.25, -0.2) is 0 Å². The Morgan fingerprint density at radius 1 is 1.37 bits per heavy atom. The van der Waals surface area contributed by atoms with Crippen LogP contribution in [-0.4, -0.2) is 11.7 Å². The molecule has 1 atom stereocenters. The lowest BCUT2D eigenvalue weighted by atomic mass is 9.85. The summed E-state index contributed by atoms with van der Waals surface area (Å²) in [6.07, 6.45) is -0.587. The van der Waals surface area contributed by atoms with E-state index in [0.29, 0.717) is 6.61 Å². The van der Waals surface area contributed by atoms with Crippen molar-refractivity contribution in [3.8, 4) is 5.75 Å². The number of halogens is 1. The molecule has 0 spiro atoms. The molecule has 0 aliphatic carbocycles. The molecule has 0 amide bonds. The van der Waals surface area contributed by atoms with E-state index in [-0.39, 0.29) is 5.41 Å². The minimum Gasteiger partial charge on any atom is -0.492 e. The largest absolute Gasteiger partial charge is 0.492 e. The first-order chi connectivity index (χ1) is 8.99. The van der Waals surface area contributed by atoms with Crippen LogP contribution in [0.2, 0.25) is 0 Å². The maximum atomic E-state index is 10.5. The summed E-state index contributed by atoms with van der Waals surface area (Å²) in [5.41, 5.74) is 2.11. The first-order valence-electron chi connectivity index (χ1n) is 6.17.